The number of aliphatic carboxylic acids is 1. The Labute approximate surface area is 239 Å². The minimum absolute atomic E-state index is 0.0322. The van der Waals surface area contributed by atoms with Crippen LogP contribution in [0.3, 0.4) is 0 Å². The summed E-state index contributed by atoms with van der Waals surface area (Å²) in [6, 6.07) is 12.7. The molecule has 12 heteroatoms. The second-order valence-corrected chi connectivity index (χ2v) is 11.3. The normalized spacial score (nSPS) is 16.5. The number of para-hydroxylation sites is 1. The maximum Gasteiger partial charge on any atom is 0.309 e. The van der Waals surface area contributed by atoms with Crippen LogP contribution in [0.1, 0.15) is 49.0 Å². The molecule has 11 nitrogen and oxygen atoms in total. The number of hydrogen-bond donors (Lipinski definition) is 3. The molecule has 42 heavy (non-hydrogen) atoms. The fraction of sp³-hybridized carbons (Fsp3) is 0.267. The Kier molecular flexibility index (Phi) is 6.10. The molecule has 1 aliphatic rings. The van der Waals surface area contributed by atoms with Crippen LogP contribution >= 0.6 is 0 Å². The van der Waals surface area contributed by atoms with Gasteiger partial charge in [0.1, 0.15) is 29.4 Å². The molecule has 0 aliphatic carbocycles. The molecule has 0 bridgehead atoms. The van der Waals surface area contributed by atoms with Gasteiger partial charge in [0.05, 0.1) is 28.7 Å². The van der Waals surface area contributed by atoms with Crippen LogP contribution in [0.4, 0.5) is 16.0 Å². The molecule has 6 rings (SSSR count). The molecule has 1 atom stereocenters. The van der Waals surface area contributed by atoms with E-state index in [9.17, 15) is 19.1 Å². The number of aromatic nitrogens is 5. The Morgan fingerprint density at radius 1 is 1.17 bits per heavy atom. The number of nitrogen functional groups attached to an aromatic ring is 1. The lowest BCUT2D eigenvalue weighted by molar-refractivity contribution is -0.146. The molecule has 0 spiro atoms. The molecular formula is C30H28FN7O4. The maximum absolute atomic E-state index is 14.8. The summed E-state index contributed by atoms with van der Waals surface area (Å²) in [5, 5.41) is 17.7. The fourth-order valence-corrected chi connectivity index (χ4v) is 5.27. The smallest absolute Gasteiger partial charge is 0.309 e. The number of nitrogens with two attached hydrogens (primary N) is 1. The highest BCUT2D eigenvalue weighted by atomic mass is 19.1. The number of nitrogens with zero attached hydrogens (tertiary/aromatic N) is 5. The first-order chi connectivity index (χ1) is 19.9. The van der Waals surface area contributed by atoms with Gasteiger partial charge in [0, 0.05) is 17.4 Å². The number of rotatable bonds is 7. The van der Waals surface area contributed by atoms with Crippen molar-refractivity contribution in [1.82, 2.24) is 24.7 Å². The molecule has 1 unspecified atom stereocenters. The molecule has 1 amide bonds. The van der Waals surface area contributed by atoms with Crippen LogP contribution in [0.2, 0.25) is 0 Å². The Bertz CT molecular complexity index is 1910. The molecule has 0 saturated carbocycles. The van der Waals surface area contributed by atoms with Gasteiger partial charge >= 0.3 is 5.97 Å². The number of hydrogen-bond acceptors (Lipinski definition) is 8. The first-order valence-electron chi connectivity index (χ1n) is 13.3. The van der Waals surface area contributed by atoms with Crippen LogP contribution in [0.25, 0.3) is 22.4 Å². The summed E-state index contributed by atoms with van der Waals surface area (Å²) in [7, 11) is 0. The summed E-state index contributed by atoms with van der Waals surface area (Å²) in [5.41, 5.74) is 6.83. The van der Waals surface area contributed by atoms with Crippen LogP contribution in [0, 0.1) is 18.2 Å². The second-order valence-electron chi connectivity index (χ2n) is 11.3. The molecular weight excluding hydrogens is 541 g/mol. The first-order valence-corrected chi connectivity index (χ1v) is 13.3. The van der Waals surface area contributed by atoms with Crippen molar-refractivity contribution in [2.24, 2.45) is 5.41 Å². The predicted octanol–water partition coefficient (Wildman–Crippen LogP) is 4.47. The van der Waals surface area contributed by atoms with E-state index in [1.54, 1.807) is 50.6 Å². The van der Waals surface area contributed by atoms with E-state index >= 15 is 0 Å². The van der Waals surface area contributed by atoms with Crippen LogP contribution in [-0.2, 0) is 28.0 Å². The molecule has 4 N–H and O–H groups in total. The predicted molar refractivity (Wildman–Crippen MR) is 152 cm³/mol. The highest BCUT2D eigenvalue weighted by molar-refractivity contribution is 6.08. The van der Waals surface area contributed by atoms with Gasteiger partial charge in [0.15, 0.2) is 11.2 Å². The van der Waals surface area contributed by atoms with Gasteiger partial charge in [-0.25, -0.2) is 19.3 Å². The number of fused-ring (bicyclic) bond motifs is 2. The minimum Gasteiger partial charge on any atom is -0.481 e. The number of aryl methyl sites for hydroxylation is 1. The van der Waals surface area contributed by atoms with Crippen molar-refractivity contribution in [3.8, 4) is 11.5 Å². The summed E-state index contributed by atoms with van der Waals surface area (Å²) in [4.78, 5) is 38.6. The number of carboxylic acids is 1. The zero-order valence-corrected chi connectivity index (χ0v) is 23.4. The molecule has 5 aromatic rings. The number of carbonyl (C=O) groups excluding carboxylic acids is 1. The lowest BCUT2D eigenvalue weighted by Gasteiger charge is -2.19. The van der Waals surface area contributed by atoms with Gasteiger partial charge in [0.2, 0.25) is 11.8 Å². The number of anilines is 2. The number of carboxylic acid groups (broad SMARTS) is 1. The van der Waals surface area contributed by atoms with E-state index < -0.39 is 22.7 Å². The van der Waals surface area contributed by atoms with E-state index in [4.69, 9.17) is 15.2 Å². The SMILES string of the molecule is Cc1cccc(Cn2nc(-c3nc(N)c4c(n3)NC(=O)C4(C)c3nc(CC(C)(C)C(=O)O)co3)c3ccccc32)c1F. The quantitative estimate of drug-likeness (QED) is 0.257. The minimum atomic E-state index is -1.45. The Balaban J connectivity index is 1.41. The highest BCUT2D eigenvalue weighted by Crippen LogP contribution is 2.45. The van der Waals surface area contributed by atoms with Gasteiger partial charge in [-0.3, -0.25) is 14.3 Å². The van der Waals surface area contributed by atoms with Gasteiger partial charge in [-0.1, -0.05) is 36.4 Å². The lowest BCUT2D eigenvalue weighted by atomic mass is 9.84. The summed E-state index contributed by atoms with van der Waals surface area (Å²) >= 11 is 0. The summed E-state index contributed by atoms with van der Waals surface area (Å²) in [6.45, 7) is 6.67. The third-order valence-corrected chi connectivity index (χ3v) is 7.77. The topological polar surface area (TPSA) is 162 Å². The third kappa shape index (κ3) is 4.18. The van der Waals surface area contributed by atoms with Crippen molar-refractivity contribution in [2.45, 2.75) is 46.1 Å². The standard InChI is InChI=1S/C30H28FN7O4/c1-15-8-7-9-16(21(15)31)13-38-19-11-6-5-10-18(19)22(37-38)25-34-23(32)20-24(35-25)36-26(39)30(20,4)27-33-17(14-42-27)12-29(2,3)28(40)41/h5-11,14H,12-13H2,1-4H3,(H,40,41)(H3,32,34,35,36,39). The summed E-state index contributed by atoms with van der Waals surface area (Å²) < 4.78 is 22.2. The number of carbonyl (C=O) groups is 2. The van der Waals surface area contributed by atoms with Gasteiger partial charge in [-0.05, 0) is 39.3 Å². The zero-order valence-electron chi connectivity index (χ0n) is 23.4. The van der Waals surface area contributed by atoms with Crippen molar-refractivity contribution in [2.75, 3.05) is 11.1 Å². The Morgan fingerprint density at radius 2 is 1.93 bits per heavy atom. The fourth-order valence-electron chi connectivity index (χ4n) is 5.27. The molecule has 0 saturated heterocycles. The Morgan fingerprint density at radius 3 is 2.69 bits per heavy atom. The van der Waals surface area contributed by atoms with Crippen LogP contribution in [-0.4, -0.2) is 41.7 Å². The Hall–Kier alpha value is -5.13. The van der Waals surface area contributed by atoms with E-state index in [1.807, 2.05) is 24.3 Å². The number of oxazole rings is 1. The number of benzene rings is 2. The summed E-state index contributed by atoms with van der Waals surface area (Å²) in [6.07, 6.45) is 1.45. The van der Waals surface area contributed by atoms with E-state index in [-0.39, 0.29) is 42.1 Å². The largest absolute Gasteiger partial charge is 0.481 e. The monoisotopic (exact) mass is 569 g/mol. The van der Waals surface area contributed by atoms with Gasteiger partial charge in [-0.15, -0.1) is 0 Å². The van der Waals surface area contributed by atoms with Gasteiger partial charge < -0.3 is 20.6 Å². The van der Waals surface area contributed by atoms with Crippen molar-refractivity contribution < 1.29 is 23.5 Å². The van der Waals surface area contributed by atoms with Gasteiger partial charge in [0.25, 0.3) is 0 Å². The highest BCUT2D eigenvalue weighted by Gasteiger charge is 2.51. The van der Waals surface area contributed by atoms with E-state index in [0.29, 0.717) is 28.1 Å². The lowest BCUT2D eigenvalue weighted by Crippen LogP contribution is -2.33. The van der Waals surface area contributed by atoms with E-state index in [2.05, 4.69) is 20.3 Å². The molecule has 3 aromatic heterocycles. The molecule has 0 radical (unpaired) electrons. The average Bonchev–Trinajstić information content (AvgIpc) is 3.62. The van der Waals surface area contributed by atoms with Crippen LogP contribution < -0.4 is 11.1 Å². The van der Waals surface area contributed by atoms with Crippen molar-refractivity contribution in [1.29, 1.82) is 0 Å². The number of amides is 1. The third-order valence-electron chi connectivity index (χ3n) is 7.77. The van der Waals surface area contributed by atoms with Crippen molar-refractivity contribution in [3.63, 3.8) is 0 Å². The first kappa shape index (κ1) is 27.1. The molecule has 2 aromatic carbocycles. The van der Waals surface area contributed by atoms with Crippen LogP contribution in [0.5, 0.6) is 0 Å². The second kappa shape index (κ2) is 9.47. The number of halogens is 1. The van der Waals surface area contributed by atoms with E-state index in [0.717, 1.165) is 10.9 Å². The van der Waals surface area contributed by atoms with Crippen LogP contribution in [0.15, 0.2) is 53.1 Å². The average molecular weight is 570 g/mol. The molecule has 0 fully saturated rings. The maximum atomic E-state index is 14.8. The van der Waals surface area contributed by atoms with E-state index in [1.165, 1.54) is 6.26 Å². The zero-order chi connectivity index (χ0) is 30.0. The van der Waals surface area contributed by atoms with Crippen molar-refractivity contribution >= 4 is 34.4 Å². The van der Waals surface area contributed by atoms with Crippen molar-refractivity contribution in [3.05, 3.63) is 82.8 Å². The molecule has 1 aliphatic heterocycles. The molecule has 4 heterocycles. The summed E-state index contributed by atoms with van der Waals surface area (Å²) in [5.74, 6) is -1.28. The number of nitrogens with one attached hydrogen (secondary N) is 1. The van der Waals surface area contributed by atoms with Gasteiger partial charge in [-0.2, -0.15) is 5.10 Å². The molecule has 214 valence electrons.